The zero-order valence-corrected chi connectivity index (χ0v) is 13.1. The Kier molecular flexibility index (Phi) is 1.06. The van der Waals surface area contributed by atoms with Gasteiger partial charge in [-0.25, -0.2) is 0 Å². The van der Waals surface area contributed by atoms with E-state index in [2.05, 4.69) is 6.92 Å². The van der Waals surface area contributed by atoms with Gasteiger partial charge >= 0.3 is 0 Å². The summed E-state index contributed by atoms with van der Waals surface area (Å²) in [5.41, 5.74) is 2.66. The van der Waals surface area contributed by atoms with Crippen LogP contribution in [0.2, 0.25) is 0 Å². The van der Waals surface area contributed by atoms with E-state index in [1.807, 2.05) is 0 Å². The van der Waals surface area contributed by atoms with Crippen LogP contribution < -0.4 is 0 Å². The summed E-state index contributed by atoms with van der Waals surface area (Å²) in [5.74, 6) is 13.5. The average Bonchev–Trinajstić information content (AvgIpc) is 2.61. The minimum atomic E-state index is 0.837. The summed E-state index contributed by atoms with van der Waals surface area (Å²) < 4.78 is 0. The van der Waals surface area contributed by atoms with Crippen molar-refractivity contribution in [3.63, 3.8) is 0 Å². The molecule has 0 saturated heterocycles. The molecule has 0 heterocycles. The molecule has 21 heavy (non-hydrogen) atoms. The SMILES string of the molecule is CC12C3C4CC5C6CC1C17CC28CC(C3C4CC58)C1CC67. The van der Waals surface area contributed by atoms with Crippen LogP contribution in [0.1, 0.15) is 45.4 Å². The van der Waals surface area contributed by atoms with Crippen LogP contribution in [0, 0.1) is 81.3 Å². The molecule has 0 aliphatic heterocycles. The molecule has 0 aromatic rings. The number of rotatable bonds is 0. The van der Waals surface area contributed by atoms with Gasteiger partial charge in [0, 0.05) is 0 Å². The lowest BCUT2D eigenvalue weighted by Gasteiger charge is -2.70. The fraction of sp³-hybridized carbons (Fsp3) is 1.00. The maximum absolute atomic E-state index is 2.90. The Morgan fingerprint density at radius 1 is 0.762 bits per heavy atom. The van der Waals surface area contributed by atoms with E-state index in [9.17, 15) is 0 Å². The van der Waals surface area contributed by atoms with Gasteiger partial charge < -0.3 is 0 Å². The van der Waals surface area contributed by atoms with Crippen LogP contribution in [0.3, 0.4) is 0 Å². The van der Waals surface area contributed by atoms with E-state index in [1.165, 1.54) is 65.1 Å². The van der Waals surface area contributed by atoms with Gasteiger partial charge in [0.25, 0.3) is 0 Å². The van der Waals surface area contributed by atoms with E-state index in [4.69, 9.17) is 0 Å². The Balaban J connectivity index is 1.56. The molecule has 0 amide bonds. The fourth-order valence-electron chi connectivity index (χ4n) is 13.5. The van der Waals surface area contributed by atoms with E-state index in [1.54, 1.807) is 38.5 Å². The van der Waals surface area contributed by atoms with Gasteiger partial charge in [-0.1, -0.05) is 6.92 Å². The molecule has 0 N–H and O–H groups in total. The van der Waals surface area contributed by atoms with Crippen molar-refractivity contribution in [2.45, 2.75) is 45.4 Å². The molecule has 12 bridgehead atoms. The van der Waals surface area contributed by atoms with E-state index in [0.717, 1.165) is 16.2 Å². The van der Waals surface area contributed by atoms with Crippen LogP contribution >= 0.6 is 0 Å². The summed E-state index contributed by atoms with van der Waals surface area (Å²) in [6.45, 7) is 2.90. The maximum Gasteiger partial charge on any atom is -0.0196 e. The molecular weight excluding hydrogens is 252 g/mol. The van der Waals surface area contributed by atoms with E-state index in [0.29, 0.717) is 0 Å². The molecule has 12 saturated carbocycles. The molecule has 0 nitrogen and oxygen atoms in total. The van der Waals surface area contributed by atoms with Crippen molar-refractivity contribution >= 4 is 0 Å². The maximum atomic E-state index is 2.90. The van der Waals surface area contributed by atoms with Crippen molar-refractivity contribution in [3.8, 4) is 0 Å². The van der Waals surface area contributed by atoms with Crippen LogP contribution in [0.25, 0.3) is 0 Å². The highest BCUT2D eigenvalue weighted by atomic mass is 15.0. The molecule has 14 unspecified atom stereocenters. The molecule has 14 atom stereocenters. The Bertz CT molecular complexity index is 665. The van der Waals surface area contributed by atoms with Crippen molar-refractivity contribution < 1.29 is 0 Å². The third-order valence-electron chi connectivity index (χ3n) is 13.1. The minimum Gasteiger partial charge on any atom is -0.0585 e. The highest BCUT2D eigenvalue weighted by Crippen LogP contribution is 2.99. The Morgan fingerprint density at radius 3 is 2.57 bits per heavy atom. The standard InChI is InChI=1S/C21H26/c1-19-16-4-9-8-2-11-10-3-13(8)20(19)6-12(17(10)18(11)19)15-5-14(9)21(15,16)7-20/h8-18H,2-7H2,1H3. The average molecular weight is 278 g/mol. The molecule has 12 aliphatic carbocycles. The molecule has 0 heteroatoms. The topological polar surface area (TPSA) is 0 Å². The first kappa shape index (κ1) is 9.99. The predicted octanol–water partition coefficient (Wildman–Crippen LogP) is 4.21. The van der Waals surface area contributed by atoms with Crippen molar-refractivity contribution in [2.75, 3.05) is 0 Å². The minimum absolute atomic E-state index is 0.837. The van der Waals surface area contributed by atoms with E-state index >= 15 is 0 Å². The summed E-state index contributed by atoms with van der Waals surface area (Å²) in [4.78, 5) is 0. The van der Waals surface area contributed by atoms with Crippen LogP contribution in [0.5, 0.6) is 0 Å². The van der Waals surface area contributed by atoms with Crippen LogP contribution in [-0.4, -0.2) is 0 Å². The Labute approximate surface area is 127 Å². The summed E-state index contributed by atoms with van der Waals surface area (Å²) in [6, 6.07) is 0. The second-order valence-corrected chi connectivity index (χ2v) is 11.7. The lowest BCUT2D eigenvalue weighted by Crippen LogP contribution is -2.65. The summed E-state index contributed by atoms with van der Waals surface area (Å²) in [6.07, 6.45) is 10.4. The first-order valence-corrected chi connectivity index (χ1v) is 10.2. The molecule has 12 fully saturated rings. The predicted molar refractivity (Wildman–Crippen MR) is 79.1 cm³/mol. The van der Waals surface area contributed by atoms with Crippen molar-refractivity contribution in [1.29, 1.82) is 0 Å². The Hall–Kier alpha value is 0. The normalized spacial score (nSPS) is 91.0. The van der Waals surface area contributed by atoms with Gasteiger partial charge in [-0.05, 0) is 120 Å². The highest BCUT2D eigenvalue weighted by Gasteiger charge is 2.93. The van der Waals surface area contributed by atoms with Crippen LogP contribution in [-0.2, 0) is 0 Å². The largest absolute Gasteiger partial charge is 0.0585 e. The molecule has 12 rings (SSSR count). The van der Waals surface area contributed by atoms with Gasteiger partial charge in [0.05, 0.1) is 0 Å². The molecule has 110 valence electrons. The monoisotopic (exact) mass is 278 g/mol. The van der Waals surface area contributed by atoms with Gasteiger partial charge in [-0.15, -0.1) is 0 Å². The van der Waals surface area contributed by atoms with Gasteiger partial charge in [-0.3, -0.25) is 0 Å². The second-order valence-electron chi connectivity index (χ2n) is 11.7. The second kappa shape index (κ2) is 2.22. The highest BCUT2D eigenvalue weighted by molar-refractivity contribution is 5.41. The molecule has 2 spiro atoms. The van der Waals surface area contributed by atoms with E-state index < -0.39 is 0 Å². The van der Waals surface area contributed by atoms with Gasteiger partial charge in [0.1, 0.15) is 0 Å². The number of hydrogen-bond acceptors (Lipinski definition) is 0. The fourth-order valence-corrected chi connectivity index (χ4v) is 13.5. The van der Waals surface area contributed by atoms with Gasteiger partial charge in [-0.2, -0.15) is 0 Å². The van der Waals surface area contributed by atoms with Crippen LogP contribution in [0.4, 0.5) is 0 Å². The molecule has 0 aromatic carbocycles. The quantitative estimate of drug-likeness (QED) is 0.623. The third kappa shape index (κ3) is 0.556. The zero-order chi connectivity index (χ0) is 13.1. The van der Waals surface area contributed by atoms with Gasteiger partial charge in [0.2, 0.25) is 0 Å². The molecule has 0 radical (unpaired) electrons. The van der Waals surface area contributed by atoms with Crippen molar-refractivity contribution in [2.24, 2.45) is 81.3 Å². The summed E-state index contributed by atoms with van der Waals surface area (Å²) >= 11 is 0. The molecule has 12 aliphatic rings. The molecular formula is C21H26. The lowest BCUT2D eigenvalue weighted by molar-refractivity contribution is -0.225. The van der Waals surface area contributed by atoms with E-state index in [-0.39, 0.29) is 0 Å². The van der Waals surface area contributed by atoms with Crippen molar-refractivity contribution in [3.05, 3.63) is 0 Å². The first-order valence-electron chi connectivity index (χ1n) is 10.2. The smallest absolute Gasteiger partial charge is 0.0196 e. The summed E-state index contributed by atoms with van der Waals surface area (Å²) in [5, 5.41) is 0. The third-order valence-corrected chi connectivity index (χ3v) is 13.1. The first-order chi connectivity index (χ1) is 10.2. The van der Waals surface area contributed by atoms with Crippen molar-refractivity contribution in [1.82, 2.24) is 0 Å². The zero-order valence-electron chi connectivity index (χ0n) is 13.1. The lowest BCUT2D eigenvalue weighted by atomic mass is 9.34. The Morgan fingerprint density at radius 2 is 1.62 bits per heavy atom. The molecule has 0 aromatic heterocycles. The summed E-state index contributed by atoms with van der Waals surface area (Å²) in [7, 11) is 0. The van der Waals surface area contributed by atoms with Gasteiger partial charge in [0.15, 0.2) is 0 Å². The number of hydrogen-bond donors (Lipinski definition) is 0. The van der Waals surface area contributed by atoms with Crippen LogP contribution in [0.15, 0.2) is 0 Å².